The van der Waals surface area contributed by atoms with Gasteiger partial charge in [-0.2, -0.15) is 0 Å². The van der Waals surface area contributed by atoms with Crippen molar-refractivity contribution in [1.29, 1.82) is 0 Å². The van der Waals surface area contributed by atoms with Crippen LogP contribution in [-0.4, -0.2) is 18.6 Å². The van der Waals surface area contributed by atoms with Crippen LogP contribution in [0.1, 0.15) is 17.3 Å². The van der Waals surface area contributed by atoms with Crippen molar-refractivity contribution < 1.29 is 14.3 Å². The molecule has 5 nitrogen and oxygen atoms in total. The molecule has 2 amide bonds. The Labute approximate surface area is 117 Å². The van der Waals surface area contributed by atoms with Crippen molar-refractivity contribution >= 4 is 46.2 Å². The fraction of sp³-hybridized carbons (Fsp3) is 0.200. The van der Waals surface area contributed by atoms with E-state index in [4.69, 9.17) is 11.6 Å². The molecule has 1 rings (SSSR count). The summed E-state index contributed by atoms with van der Waals surface area (Å²) in [5, 5.41) is 0.546. The van der Waals surface area contributed by atoms with Gasteiger partial charge in [0, 0.05) is 8.59 Å². The van der Waals surface area contributed by atoms with Gasteiger partial charge < -0.3 is 4.74 Å². The number of amides is 2. The summed E-state index contributed by atoms with van der Waals surface area (Å²) < 4.78 is 5.28. The molecule has 0 bridgehead atoms. The Kier molecular flexibility index (Phi) is 5.49. The minimum Gasteiger partial charge on any atom is -0.449 e. The number of nitrogens with one attached hydrogen (secondary N) is 2. The Morgan fingerprint density at radius 2 is 2.12 bits per heavy atom. The lowest BCUT2D eigenvalue weighted by molar-refractivity contribution is 0.0912. The molecule has 0 aromatic heterocycles. The maximum Gasteiger partial charge on any atom is 0.426 e. The van der Waals surface area contributed by atoms with E-state index < -0.39 is 12.0 Å². The molecule has 92 valence electrons. The van der Waals surface area contributed by atoms with E-state index in [0.29, 0.717) is 14.2 Å². The van der Waals surface area contributed by atoms with Crippen LogP contribution in [0.3, 0.4) is 0 Å². The second kappa shape index (κ2) is 6.65. The van der Waals surface area contributed by atoms with Gasteiger partial charge >= 0.3 is 6.09 Å². The first-order chi connectivity index (χ1) is 8.04. The summed E-state index contributed by atoms with van der Waals surface area (Å²) in [6.45, 7) is 1.91. The molecule has 0 heterocycles. The first kappa shape index (κ1) is 14.0. The zero-order valence-corrected chi connectivity index (χ0v) is 11.8. The van der Waals surface area contributed by atoms with E-state index in [-0.39, 0.29) is 6.61 Å². The molecule has 0 spiro atoms. The van der Waals surface area contributed by atoms with E-state index in [1.165, 1.54) is 0 Å². The summed E-state index contributed by atoms with van der Waals surface area (Å²) >= 11 is 7.75. The number of ether oxygens (including phenoxy) is 1. The average molecular weight is 369 g/mol. The van der Waals surface area contributed by atoms with Gasteiger partial charge in [-0.25, -0.2) is 10.2 Å². The molecule has 0 saturated carbocycles. The van der Waals surface area contributed by atoms with E-state index in [0.717, 1.165) is 0 Å². The summed E-state index contributed by atoms with van der Waals surface area (Å²) in [6, 6.07) is 4.83. The lowest BCUT2D eigenvalue weighted by atomic mass is 10.2. The molecule has 0 unspecified atom stereocenters. The Bertz CT molecular complexity index is 440. The van der Waals surface area contributed by atoms with Gasteiger partial charge in [-0.3, -0.25) is 10.2 Å². The van der Waals surface area contributed by atoms with Crippen molar-refractivity contribution in [3.8, 4) is 0 Å². The van der Waals surface area contributed by atoms with Gasteiger partial charge in [0.15, 0.2) is 0 Å². The average Bonchev–Trinajstić information content (AvgIpc) is 2.26. The first-order valence-electron chi connectivity index (χ1n) is 4.72. The van der Waals surface area contributed by atoms with Crippen molar-refractivity contribution in [3.63, 3.8) is 0 Å². The van der Waals surface area contributed by atoms with Crippen molar-refractivity contribution in [2.45, 2.75) is 6.92 Å². The van der Waals surface area contributed by atoms with Gasteiger partial charge in [0.05, 0.1) is 12.2 Å². The number of hydrazine groups is 1. The highest BCUT2D eigenvalue weighted by atomic mass is 127. The smallest absolute Gasteiger partial charge is 0.426 e. The number of hydrogen-bond acceptors (Lipinski definition) is 3. The highest BCUT2D eigenvalue weighted by Gasteiger charge is 2.11. The van der Waals surface area contributed by atoms with E-state index in [1.807, 2.05) is 22.6 Å². The van der Waals surface area contributed by atoms with Gasteiger partial charge in [-0.15, -0.1) is 0 Å². The monoisotopic (exact) mass is 368 g/mol. The summed E-state index contributed by atoms with van der Waals surface area (Å²) in [4.78, 5) is 22.6. The number of halogens is 2. The zero-order valence-electron chi connectivity index (χ0n) is 8.92. The van der Waals surface area contributed by atoms with Crippen molar-refractivity contribution in [1.82, 2.24) is 10.9 Å². The van der Waals surface area contributed by atoms with Crippen LogP contribution in [-0.2, 0) is 4.74 Å². The minimum absolute atomic E-state index is 0.236. The van der Waals surface area contributed by atoms with Crippen LogP contribution in [0.15, 0.2) is 18.2 Å². The standard InChI is InChI=1S/C10H10ClIN2O3/c1-2-17-10(16)14-13-9(15)7-4-3-6(11)5-8(7)12/h3-5H,2H2,1H3,(H,13,15)(H,14,16). The molecule has 7 heteroatoms. The van der Waals surface area contributed by atoms with E-state index in [1.54, 1.807) is 25.1 Å². The molecule has 0 saturated heterocycles. The minimum atomic E-state index is -0.704. The molecule has 0 aliphatic rings. The largest absolute Gasteiger partial charge is 0.449 e. The quantitative estimate of drug-likeness (QED) is 0.622. The Morgan fingerprint density at radius 3 is 2.71 bits per heavy atom. The van der Waals surface area contributed by atoms with Gasteiger partial charge in [0.1, 0.15) is 0 Å². The molecule has 0 aliphatic carbocycles. The van der Waals surface area contributed by atoms with Crippen LogP contribution in [0.25, 0.3) is 0 Å². The highest BCUT2D eigenvalue weighted by molar-refractivity contribution is 14.1. The first-order valence-corrected chi connectivity index (χ1v) is 6.18. The number of benzene rings is 1. The van der Waals surface area contributed by atoms with Crippen LogP contribution in [0.5, 0.6) is 0 Å². The molecular formula is C10H10ClIN2O3. The molecule has 1 aromatic carbocycles. The predicted molar refractivity (Wildman–Crippen MR) is 71.8 cm³/mol. The summed E-state index contributed by atoms with van der Waals surface area (Å²) in [5.74, 6) is -0.431. The molecule has 0 atom stereocenters. The number of hydrogen-bond donors (Lipinski definition) is 2. The Hall–Kier alpha value is -1.02. The lowest BCUT2D eigenvalue weighted by Crippen LogP contribution is -2.42. The second-order valence-corrected chi connectivity index (χ2v) is 4.52. The van der Waals surface area contributed by atoms with Crippen molar-refractivity contribution in [3.05, 3.63) is 32.4 Å². The van der Waals surface area contributed by atoms with Crippen LogP contribution in [0.4, 0.5) is 4.79 Å². The van der Waals surface area contributed by atoms with Crippen LogP contribution >= 0.6 is 34.2 Å². The molecule has 1 aromatic rings. The Morgan fingerprint density at radius 1 is 1.41 bits per heavy atom. The maximum absolute atomic E-state index is 11.7. The second-order valence-electron chi connectivity index (χ2n) is 2.92. The third kappa shape index (κ3) is 4.39. The summed E-state index contributed by atoms with van der Waals surface area (Å²) in [5.41, 5.74) is 4.78. The normalized spacial score (nSPS) is 9.59. The summed E-state index contributed by atoms with van der Waals surface area (Å²) in [6.07, 6.45) is -0.704. The molecular weight excluding hydrogens is 358 g/mol. The van der Waals surface area contributed by atoms with Gasteiger partial charge in [0.25, 0.3) is 5.91 Å². The highest BCUT2D eigenvalue weighted by Crippen LogP contribution is 2.17. The SMILES string of the molecule is CCOC(=O)NNC(=O)c1ccc(Cl)cc1I. The molecule has 0 fully saturated rings. The van der Waals surface area contributed by atoms with Gasteiger partial charge in [0.2, 0.25) is 0 Å². The van der Waals surface area contributed by atoms with Crippen molar-refractivity contribution in [2.75, 3.05) is 6.61 Å². The van der Waals surface area contributed by atoms with E-state index >= 15 is 0 Å². The predicted octanol–water partition coefficient (Wildman–Crippen LogP) is 2.34. The zero-order chi connectivity index (χ0) is 12.8. The maximum atomic E-state index is 11.7. The van der Waals surface area contributed by atoms with Crippen molar-refractivity contribution in [2.24, 2.45) is 0 Å². The molecule has 0 radical (unpaired) electrons. The fourth-order valence-electron chi connectivity index (χ4n) is 1.02. The van der Waals surface area contributed by atoms with Gasteiger partial charge in [-0.1, -0.05) is 11.6 Å². The summed E-state index contributed by atoms with van der Waals surface area (Å²) in [7, 11) is 0. The van der Waals surface area contributed by atoms with E-state index in [2.05, 4.69) is 15.6 Å². The molecule has 17 heavy (non-hydrogen) atoms. The Balaban J connectivity index is 2.61. The third-order valence-corrected chi connectivity index (χ3v) is 2.86. The topological polar surface area (TPSA) is 67.4 Å². The third-order valence-electron chi connectivity index (χ3n) is 1.73. The van der Waals surface area contributed by atoms with Gasteiger partial charge in [-0.05, 0) is 47.7 Å². The molecule has 0 aliphatic heterocycles. The van der Waals surface area contributed by atoms with Crippen LogP contribution < -0.4 is 10.9 Å². The van der Waals surface area contributed by atoms with E-state index in [9.17, 15) is 9.59 Å². The van der Waals surface area contributed by atoms with Crippen LogP contribution in [0.2, 0.25) is 5.02 Å². The molecule has 2 N–H and O–H groups in total. The number of rotatable bonds is 2. The number of carbonyl (C=O) groups excluding carboxylic acids is 2. The fourth-order valence-corrected chi connectivity index (χ4v) is 2.13. The number of carbonyl (C=O) groups is 2. The lowest BCUT2D eigenvalue weighted by Gasteiger charge is -2.08. The van der Waals surface area contributed by atoms with Crippen LogP contribution in [0, 0.1) is 3.57 Å².